The van der Waals surface area contributed by atoms with Gasteiger partial charge in [0.05, 0.1) is 12.8 Å². The van der Waals surface area contributed by atoms with Crippen molar-refractivity contribution < 1.29 is 9.53 Å². The van der Waals surface area contributed by atoms with Crippen LogP contribution in [0.5, 0.6) is 5.75 Å². The van der Waals surface area contributed by atoms with Crippen LogP contribution in [-0.2, 0) is 4.79 Å². The number of hydrogen-bond acceptors (Lipinski definition) is 3. The number of carbonyl (C=O) groups is 1. The molecule has 1 aliphatic rings. The summed E-state index contributed by atoms with van der Waals surface area (Å²) in [4.78, 5) is 12.3. The first kappa shape index (κ1) is 14.9. The summed E-state index contributed by atoms with van der Waals surface area (Å²) in [6, 6.07) is 7.50. The van der Waals surface area contributed by atoms with Crippen molar-refractivity contribution in [1.29, 1.82) is 0 Å². The van der Waals surface area contributed by atoms with E-state index >= 15 is 0 Å². The molecule has 20 heavy (non-hydrogen) atoms. The van der Waals surface area contributed by atoms with Gasteiger partial charge in [-0.1, -0.05) is 31.4 Å². The van der Waals surface area contributed by atoms with Gasteiger partial charge in [-0.25, -0.2) is 0 Å². The van der Waals surface area contributed by atoms with E-state index in [0.717, 1.165) is 18.5 Å². The van der Waals surface area contributed by atoms with Crippen molar-refractivity contribution in [1.82, 2.24) is 5.32 Å². The summed E-state index contributed by atoms with van der Waals surface area (Å²) in [5, 5.41) is 6.33. The van der Waals surface area contributed by atoms with Crippen LogP contribution in [0.1, 0.15) is 38.5 Å². The highest BCUT2D eigenvalue weighted by Crippen LogP contribution is 2.31. The molecule has 1 aromatic rings. The topological polar surface area (TPSA) is 50.4 Å². The molecular formula is C16H24N2O2. The van der Waals surface area contributed by atoms with E-state index in [4.69, 9.17) is 4.74 Å². The van der Waals surface area contributed by atoms with Crippen molar-refractivity contribution in [2.24, 2.45) is 0 Å². The summed E-state index contributed by atoms with van der Waals surface area (Å²) < 4.78 is 5.26. The molecule has 0 spiro atoms. The van der Waals surface area contributed by atoms with Crippen LogP contribution in [0.15, 0.2) is 24.3 Å². The summed E-state index contributed by atoms with van der Waals surface area (Å²) in [6.45, 7) is 0. The second-order valence-electron chi connectivity index (χ2n) is 5.52. The highest BCUT2D eigenvalue weighted by atomic mass is 16.5. The summed E-state index contributed by atoms with van der Waals surface area (Å²) in [6.07, 6.45) is 6.33. The molecule has 4 heteroatoms. The minimum Gasteiger partial charge on any atom is -0.495 e. The Morgan fingerprint density at radius 3 is 2.60 bits per heavy atom. The first-order valence-electron chi connectivity index (χ1n) is 7.31. The minimum absolute atomic E-state index is 0.0374. The quantitative estimate of drug-likeness (QED) is 0.869. The molecule has 0 aromatic heterocycles. The molecule has 4 nitrogen and oxygen atoms in total. The molecule has 0 bridgehead atoms. The Balaban J connectivity index is 2.01. The molecule has 110 valence electrons. The van der Waals surface area contributed by atoms with Gasteiger partial charge in [-0.15, -0.1) is 0 Å². The van der Waals surface area contributed by atoms with Crippen molar-refractivity contribution in [3.63, 3.8) is 0 Å². The summed E-state index contributed by atoms with van der Waals surface area (Å²) in [7, 11) is 3.57. The lowest BCUT2D eigenvalue weighted by Gasteiger charge is -2.36. The maximum absolute atomic E-state index is 12.3. The molecule has 1 aromatic carbocycles. The molecule has 2 rings (SSSR count). The SMILES string of the molecule is CNC1(CC(=O)Nc2ccccc2OC)CCCCC1. The average Bonchev–Trinajstić information content (AvgIpc) is 2.48. The molecule has 1 fully saturated rings. The lowest BCUT2D eigenvalue weighted by molar-refractivity contribution is -0.117. The smallest absolute Gasteiger partial charge is 0.226 e. The summed E-state index contributed by atoms with van der Waals surface area (Å²) in [5.74, 6) is 0.744. The Labute approximate surface area is 120 Å². The number of rotatable bonds is 5. The molecule has 1 amide bonds. The van der Waals surface area contributed by atoms with E-state index in [1.165, 1.54) is 19.3 Å². The van der Waals surface area contributed by atoms with Crippen LogP contribution in [0.3, 0.4) is 0 Å². The number of para-hydroxylation sites is 2. The van der Waals surface area contributed by atoms with Crippen LogP contribution in [0.25, 0.3) is 0 Å². The lowest BCUT2D eigenvalue weighted by atomic mass is 9.79. The predicted octanol–water partition coefficient (Wildman–Crippen LogP) is 2.95. The van der Waals surface area contributed by atoms with Gasteiger partial charge in [0.15, 0.2) is 0 Å². The number of anilines is 1. The summed E-state index contributed by atoms with van der Waals surface area (Å²) in [5.41, 5.74) is 0.701. The maximum Gasteiger partial charge on any atom is 0.226 e. The van der Waals surface area contributed by atoms with Crippen LogP contribution >= 0.6 is 0 Å². The van der Waals surface area contributed by atoms with E-state index in [9.17, 15) is 4.79 Å². The van der Waals surface area contributed by atoms with Crippen molar-refractivity contribution >= 4 is 11.6 Å². The van der Waals surface area contributed by atoms with Gasteiger partial charge < -0.3 is 15.4 Å². The van der Waals surface area contributed by atoms with E-state index in [0.29, 0.717) is 12.2 Å². The van der Waals surface area contributed by atoms with Crippen LogP contribution < -0.4 is 15.4 Å². The zero-order chi connectivity index (χ0) is 14.4. The van der Waals surface area contributed by atoms with Gasteiger partial charge in [0, 0.05) is 12.0 Å². The van der Waals surface area contributed by atoms with Crippen LogP contribution in [0, 0.1) is 0 Å². The standard InChI is InChI=1S/C16H24N2O2/c1-17-16(10-6-3-7-11-16)12-15(19)18-13-8-4-5-9-14(13)20-2/h4-5,8-9,17H,3,6-7,10-12H2,1-2H3,(H,18,19). The summed E-state index contributed by atoms with van der Waals surface area (Å²) >= 11 is 0. The number of amides is 1. The zero-order valence-electron chi connectivity index (χ0n) is 12.4. The van der Waals surface area contributed by atoms with Crippen molar-refractivity contribution in [3.8, 4) is 5.75 Å². The van der Waals surface area contributed by atoms with Gasteiger partial charge in [-0.2, -0.15) is 0 Å². The Morgan fingerprint density at radius 1 is 1.25 bits per heavy atom. The predicted molar refractivity (Wildman–Crippen MR) is 81.1 cm³/mol. The zero-order valence-corrected chi connectivity index (χ0v) is 12.4. The van der Waals surface area contributed by atoms with Gasteiger partial charge >= 0.3 is 0 Å². The number of nitrogens with one attached hydrogen (secondary N) is 2. The Bertz CT molecular complexity index is 454. The highest BCUT2D eigenvalue weighted by Gasteiger charge is 2.32. The van der Waals surface area contributed by atoms with E-state index in [-0.39, 0.29) is 11.4 Å². The third-order valence-corrected chi connectivity index (χ3v) is 4.22. The monoisotopic (exact) mass is 276 g/mol. The van der Waals surface area contributed by atoms with E-state index in [2.05, 4.69) is 10.6 Å². The molecule has 0 heterocycles. The number of methoxy groups -OCH3 is 1. The van der Waals surface area contributed by atoms with Gasteiger partial charge in [-0.3, -0.25) is 4.79 Å². The Morgan fingerprint density at radius 2 is 1.95 bits per heavy atom. The Kier molecular flexibility index (Phi) is 5.01. The molecule has 1 saturated carbocycles. The maximum atomic E-state index is 12.3. The molecular weight excluding hydrogens is 252 g/mol. The minimum atomic E-state index is -0.0374. The number of hydrogen-bond donors (Lipinski definition) is 2. The molecule has 0 aliphatic heterocycles. The van der Waals surface area contributed by atoms with Gasteiger partial charge in [-0.05, 0) is 32.0 Å². The van der Waals surface area contributed by atoms with Gasteiger partial charge in [0.25, 0.3) is 0 Å². The third kappa shape index (κ3) is 3.51. The molecule has 0 saturated heterocycles. The van der Waals surface area contributed by atoms with Crippen LogP contribution in [0.2, 0.25) is 0 Å². The molecule has 2 N–H and O–H groups in total. The van der Waals surface area contributed by atoms with Gasteiger partial charge in [0.1, 0.15) is 5.75 Å². The second-order valence-corrected chi connectivity index (χ2v) is 5.52. The van der Waals surface area contributed by atoms with E-state index in [1.54, 1.807) is 7.11 Å². The van der Waals surface area contributed by atoms with Crippen molar-refractivity contribution in [2.45, 2.75) is 44.1 Å². The largest absolute Gasteiger partial charge is 0.495 e. The van der Waals surface area contributed by atoms with Crippen LogP contribution in [0.4, 0.5) is 5.69 Å². The fraction of sp³-hybridized carbons (Fsp3) is 0.562. The molecule has 0 radical (unpaired) electrons. The van der Waals surface area contributed by atoms with Crippen molar-refractivity contribution in [3.05, 3.63) is 24.3 Å². The third-order valence-electron chi connectivity index (χ3n) is 4.22. The fourth-order valence-electron chi connectivity index (χ4n) is 2.99. The van der Waals surface area contributed by atoms with E-state index < -0.39 is 0 Å². The number of benzene rings is 1. The molecule has 1 aliphatic carbocycles. The average molecular weight is 276 g/mol. The van der Waals surface area contributed by atoms with Gasteiger partial charge in [0.2, 0.25) is 5.91 Å². The first-order valence-corrected chi connectivity index (χ1v) is 7.31. The highest BCUT2D eigenvalue weighted by molar-refractivity contribution is 5.93. The van der Waals surface area contributed by atoms with Crippen molar-refractivity contribution in [2.75, 3.05) is 19.5 Å². The first-order chi connectivity index (χ1) is 9.69. The van der Waals surface area contributed by atoms with E-state index in [1.807, 2.05) is 31.3 Å². The normalized spacial score (nSPS) is 17.5. The number of ether oxygens (including phenoxy) is 1. The molecule has 0 unspecified atom stereocenters. The fourth-order valence-corrected chi connectivity index (χ4v) is 2.99. The lowest BCUT2D eigenvalue weighted by Crippen LogP contribution is -2.47. The molecule has 0 atom stereocenters. The second kappa shape index (κ2) is 6.75. The number of carbonyl (C=O) groups excluding carboxylic acids is 1. The van der Waals surface area contributed by atoms with Crippen LogP contribution in [-0.4, -0.2) is 25.6 Å². The Hall–Kier alpha value is -1.55.